The molecule has 1 aliphatic carbocycles. The average Bonchev–Trinajstić information content (AvgIpc) is 3.15. The molecule has 3 fully saturated rings. The van der Waals surface area contributed by atoms with Crippen LogP contribution in [-0.2, 0) is 4.74 Å². The van der Waals surface area contributed by atoms with Gasteiger partial charge in [0.2, 0.25) is 0 Å². The minimum Gasteiger partial charge on any atom is -0.381 e. The van der Waals surface area contributed by atoms with Gasteiger partial charge in [-0.25, -0.2) is 0 Å². The van der Waals surface area contributed by atoms with Crippen LogP contribution in [0.5, 0.6) is 0 Å². The molecular weight excluding hydrogens is 439 g/mol. The normalized spacial score (nSPS) is 25.2. The summed E-state index contributed by atoms with van der Waals surface area (Å²) in [5, 5.41) is 7.16. The van der Waals surface area contributed by atoms with Crippen molar-refractivity contribution >= 4 is 29.9 Å². The lowest BCUT2D eigenvalue weighted by Crippen LogP contribution is -2.58. The van der Waals surface area contributed by atoms with E-state index in [1.54, 1.807) is 0 Å². The molecule has 152 valence electrons. The molecule has 2 N–H and O–H groups in total. The Morgan fingerprint density at radius 1 is 1.00 bits per heavy atom. The highest BCUT2D eigenvalue weighted by Gasteiger charge is 2.40. The van der Waals surface area contributed by atoms with Crippen molar-refractivity contribution in [1.29, 1.82) is 0 Å². The monoisotopic (exact) mass is 478 g/mol. The zero-order valence-corrected chi connectivity index (χ0v) is 19.1. The van der Waals surface area contributed by atoms with Gasteiger partial charge in [-0.05, 0) is 70.4 Å². The summed E-state index contributed by atoms with van der Waals surface area (Å²) in [6.45, 7) is 11.6. The Kier molecular flexibility index (Phi) is 8.94. The van der Waals surface area contributed by atoms with E-state index in [2.05, 4.69) is 29.4 Å². The van der Waals surface area contributed by atoms with E-state index in [1.165, 1.54) is 51.6 Å². The smallest absolute Gasteiger partial charge is 0.191 e. The van der Waals surface area contributed by atoms with Crippen LogP contribution in [0.2, 0.25) is 0 Å². The second-order valence-electron chi connectivity index (χ2n) is 8.29. The van der Waals surface area contributed by atoms with Crippen molar-refractivity contribution in [2.24, 2.45) is 10.4 Å². The van der Waals surface area contributed by atoms with Crippen molar-refractivity contribution in [3.8, 4) is 0 Å². The van der Waals surface area contributed by atoms with E-state index in [4.69, 9.17) is 9.73 Å². The van der Waals surface area contributed by atoms with Crippen LogP contribution >= 0.6 is 24.0 Å². The van der Waals surface area contributed by atoms with Crippen LogP contribution in [0.15, 0.2) is 4.99 Å². The van der Waals surface area contributed by atoms with E-state index >= 15 is 0 Å². The Morgan fingerprint density at radius 3 is 2.23 bits per heavy atom. The standard InChI is InChI=1S/C20H38N4O.HI/c1-3-19(8-7-9-19)16-22-18(21-4-2)23-17-20(10-14-25-15-11-20)24-12-5-6-13-24;/h3-17H2,1-2H3,(H2,21,22,23);1H. The Morgan fingerprint density at radius 2 is 1.69 bits per heavy atom. The largest absolute Gasteiger partial charge is 0.381 e. The fraction of sp³-hybridized carbons (Fsp3) is 0.950. The Balaban J connectivity index is 0.00000243. The molecule has 0 radical (unpaired) electrons. The Hall–Kier alpha value is -0.0800. The van der Waals surface area contributed by atoms with Gasteiger partial charge >= 0.3 is 0 Å². The molecule has 2 aliphatic heterocycles. The van der Waals surface area contributed by atoms with E-state index in [1.807, 2.05) is 0 Å². The molecule has 5 nitrogen and oxygen atoms in total. The van der Waals surface area contributed by atoms with E-state index in [0.29, 0.717) is 5.41 Å². The highest BCUT2D eigenvalue weighted by Crippen LogP contribution is 2.43. The lowest BCUT2D eigenvalue weighted by atomic mass is 9.67. The van der Waals surface area contributed by atoms with Crippen molar-refractivity contribution in [3.63, 3.8) is 0 Å². The van der Waals surface area contributed by atoms with Crippen LogP contribution in [0, 0.1) is 5.41 Å². The highest BCUT2D eigenvalue weighted by molar-refractivity contribution is 14.0. The molecule has 0 atom stereocenters. The van der Waals surface area contributed by atoms with Crippen molar-refractivity contribution in [1.82, 2.24) is 15.5 Å². The summed E-state index contributed by atoms with van der Waals surface area (Å²) in [5.41, 5.74) is 0.734. The minimum atomic E-state index is 0. The summed E-state index contributed by atoms with van der Waals surface area (Å²) in [5.74, 6) is 1.01. The number of nitrogens with one attached hydrogen (secondary N) is 2. The first-order valence-electron chi connectivity index (χ1n) is 10.6. The molecule has 2 saturated heterocycles. The van der Waals surface area contributed by atoms with Gasteiger partial charge in [0, 0.05) is 38.4 Å². The first kappa shape index (κ1) is 22.2. The third kappa shape index (κ3) is 5.25. The summed E-state index contributed by atoms with van der Waals surface area (Å²) in [6, 6.07) is 0. The fourth-order valence-electron chi connectivity index (χ4n) is 4.68. The molecule has 3 aliphatic rings. The molecule has 26 heavy (non-hydrogen) atoms. The zero-order valence-electron chi connectivity index (χ0n) is 16.8. The van der Waals surface area contributed by atoms with E-state index in [0.717, 1.165) is 51.6 Å². The van der Waals surface area contributed by atoms with Crippen LogP contribution in [0.1, 0.15) is 65.2 Å². The summed E-state index contributed by atoms with van der Waals surface area (Å²) in [4.78, 5) is 7.68. The molecule has 3 rings (SSSR count). The number of nitrogens with zero attached hydrogens (tertiary/aromatic N) is 2. The van der Waals surface area contributed by atoms with Crippen molar-refractivity contribution in [2.45, 2.75) is 70.8 Å². The van der Waals surface area contributed by atoms with Gasteiger partial charge in [-0.15, -0.1) is 24.0 Å². The molecule has 0 spiro atoms. The maximum Gasteiger partial charge on any atom is 0.191 e. The van der Waals surface area contributed by atoms with Gasteiger partial charge in [0.25, 0.3) is 0 Å². The maximum atomic E-state index is 5.67. The molecule has 0 aromatic rings. The van der Waals surface area contributed by atoms with Crippen LogP contribution in [0.4, 0.5) is 0 Å². The van der Waals surface area contributed by atoms with Gasteiger partial charge in [0.15, 0.2) is 5.96 Å². The highest BCUT2D eigenvalue weighted by atomic mass is 127. The number of halogens is 1. The molecular formula is C20H39IN4O. The number of hydrogen-bond acceptors (Lipinski definition) is 3. The number of hydrogen-bond donors (Lipinski definition) is 2. The maximum absolute atomic E-state index is 5.67. The van der Waals surface area contributed by atoms with E-state index < -0.39 is 0 Å². The van der Waals surface area contributed by atoms with Crippen molar-refractivity contribution < 1.29 is 4.74 Å². The van der Waals surface area contributed by atoms with E-state index in [-0.39, 0.29) is 29.5 Å². The lowest BCUT2D eigenvalue weighted by molar-refractivity contribution is -0.0164. The number of aliphatic imine (C=N–C) groups is 1. The number of likely N-dealkylation sites (tertiary alicyclic amines) is 1. The van der Waals surface area contributed by atoms with Gasteiger partial charge < -0.3 is 15.4 Å². The Labute approximate surface area is 177 Å². The predicted molar refractivity (Wildman–Crippen MR) is 120 cm³/mol. The topological polar surface area (TPSA) is 48.9 Å². The molecule has 0 aromatic carbocycles. The third-order valence-electron chi connectivity index (χ3n) is 6.87. The molecule has 0 unspecified atom stereocenters. The van der Waals surface area contributed by atoms with Crippen LogP contribution in [0.25, 0.3) is 0 Å². The van der Waals surface area contributed by atoms with Gasteiger partial charge in [-0.1, -0.05) is 13.3 Å². The summed E-state index contributed by atoms with van der Waals surface area (Å²) in [7, 11) is 0. The van der Waals surface area contributed by atoms with Crippen LogP contribution in [0.3, 0.4) is 0 Å². The molecule has 1 saturated carbocycles. The van der Waals surface area contributed by atoms with Crippen molar-refractivity contribution in [3.05, 3.63) is 0 Å². The summed E-state index contributed by atoms with van der Waals surface area (Å²) >= 11 is 0. The second-order valence-corrected chi connectivity index (χ2v) is 8.29. The summed E-state index contributed by atoms with van der Waals surface area (Å²) < 4.78 is 5.67. The average molecular weight is 478 g/mol. The predicted octanol–water partition coefficient (Wildman–Crippen LogP) is 3.38. The van der Waals surface area contributed by atoms with Crippen LogP contribution in [-0.4, -0.2) is 62.3 Å². The van der Waals surface area contributed by atoms with Gasteiger partial charge in [0.1, 0.15) is 0 Å². The summed E-state index contributed by atoms with van der Waals surface area (Å²) in [6.07, 6.45) is 10.3. The van der Waals surface area contributed by atoms with Gasteiger partial charge in [-0.2, -0.15) is 0 Å². The second kappa shape index (κ2) is 10.5. The van der Waals surface area contributed by atoms with Crippen molar-refractivity contribution in [2.75, 3.05) is 45.9 Å². The first-order chi connectivity index (χ1) is 12.2. The molecule has 0 aromatic heterocycles. The fourth-order valence-corrected chi connectivity index (χ4v) is 4.68. The molecule has 0 bridgehead atoms. The first-order valence-corrected chi connectivity index (χ1v) is 10.6. The van der Waals surface area contributed by atoms with Gasteiger partial charge in [0.05, 0.1) is 0 Å². The SMILES string of the molecule is CCNC(=NCC1(CC)CCC1)NCC1(N2CCCC2)CCOCC1.I. The van der Waals surface area contributed by atoms with Crippen LogP contribution < -0.4 is 10.6 Å². The molecule has 0 amide bonds. The zero-order chi connectivity index (χ0) is 17.6. The van der Waals surface area contributed by atoms with E-state index in [9.17, 15) is 0 Å². The quantitative estimate of drug-likeness (QED) is 0.335. The third-order valence-corrected chi connectivity index (χ3v) is 6.87. The number of ether oxygens (including phenoxy) is 1. The molecule has 2 heterocycles. The van der Waals surface area contributed by atoms with Gasteiger partial charge in [-0.3, -0.25) is 9.89 Å². The lowest BCUT2D eigenvalue weighted by Gasteiger charge is -2.45. The number of guanidine groups is 1. The minimum absolute atomic E-state index is 0. The molecule has 6 heteroatoms. The Bertz CT molecular complexity index is 436. The number of rotatable bonds is 7.